The number of aliphatic hydroxyl groups excluding tert-OH is 2. The van der Waals surface area contributed by atoms with Gasteiger partial charge in [0.1, 0.15) is 0 Å². The Bertz CT molecular complexity index is 657. The molecule has 10 heteroatoms. The number of aliphatic hydroxyl groups is 2. The smallest absolute Gasteiger partial charge is 0.270 e. The Labute approximate surface area is 134 Å². The Morgan fingerprint density at radius 1 is 1.26 bits per heavy atom. The minimum Gasteiger partial charge on any atom is -0.394 e. The predicted molar refractivity (Wildman–Crippen MR) is 81.4 cm³/mol. The molecule has 1 heterocycles. The van der Waals surface area contributed by atoms with Gasteiger partial charge in [-0.2, -0.15) is 4.31 Å². The summed E-state index contributed by atoms with van der Waals surface area (Å²) < 4.78 is 26.4. The van der Waals surface area contributed by atoms with E-state index in [9.17, 15) is 23.6 Å². The van der Waals surface area contributed by atoms with Gasteiger partial charge in [0, 0.05) is 44.9 Å². The van der Waals surface area contributed by atoms with Crippen LogP contribution in [0.15, 0.2) is 29.2 Å². The van der Waals surface area contributed by atoms with Crippen molar-refractivity contribution in [1.82, 2.24) is 9.21 Å². The van der Waals surface area contributed by atoms with Gasteiger partial charge in [-0.1, -0.05) is 6.07 Å². The average Bonchev–Trinajstić information content (AvgIpc) is 2.55. The lowest BCUT2D eigenvalue weighted by atomic mass is 10.3. The molecular formula is C13H19N3O6S. The number of rotatable bonds is 6. The van der Waals surface area contributed by atoms with E-state index in [0.717, 1.165) is 6.07 Å². The molecule has 1 aliphatic rings. The molecule has 2 N–H and O–H groups in total. The molecule has 0 spiro atoms. The molecule has 23 heavy (non-hydrogen) atoms. The van der Waals surface area contributed by atoms with Crippen molar-refractivity contribution in [3.63, 3.8) is 0 Å². The van der Waals surface area contributed by atoms with Crippen LogP contribution < -0.4 is 0 Å². The van der Waals surface area contributed by atoms with Crippen LogP contribution >= 0.6 is 0 Å². The van der Waals surface area contributed by atoms with E-state index < -0.39 is 21.1 Å². The highest BCUT2D eigenvalue weighted by atomic mass is 32.2. The zero-order valence-electron chi connectivity index (χ0n) is 12.4. The number of non-ortho nitro benzene ring substituents is 1. The van der Waals surface area contributed by atoms with Gasteiger partial charge in [-0.15, -0.1) is 0 Å². The molecule has 0 aromatic heterocycles. The molecule has 1 atom stereocenters. The van der Waals surface area contributed by atoms with Crippen LogP contribution in [0.25, 0.3) is 0 Å². The summed E-state index contributed by atoms with van der Waals surface area (Å²) >= 11 is 0. The molecule has 1 saturated heterocycles. The average molecular weight is 345 g/mol. The second kappa shape index (κ2) is 7.32. The maximum absolute atomic E-state index is 12.5. The molecule has 1 fully saturated rings. The first-order valence-corrected chi connectivity index (χ1v) is 8.54. The number of benzene rings is 1. The van der Waals surface area contributed by atoms with Gasteiger partial charge in [0.05, 0.1) is 22.5 Å². The summed E-state index contributed by atoms with van der Waals surface area (Å²) in [7, 11) is -3.79. The summed E-state index contributed by atoms with van der Waals surface area (Å²) in [6.07, 6.45) is -0.852. The monoisotopic (exact) mass is 345 g/mol. The van der Waals surface area contributed by atoms with Crippen LogP contribution in [0.1, 0.15) is 0 Å². The third-order valence-electron chi connectivity index (χ3n) is 3.68. The molecule has 128 valence electrons. The first-order valence-electron chi connectivity index (χ1n) is 7.10. The molecule has 2 rings (SSSR count). The van der Waals surface area contributed by atoms with Crippen molar-refractivity contribution in [2.24, 2.45) is 0 Å². The summed E-state index contributed by atoms with van der Waals surface area (Å²) in [6.45, 7) is 1.23. The number of hydrogen-bond donors (Lipinski definition) is 2. The van der Waals surface area contributed by atoms with Crippen molar-refractivity contribution in [1.29, 1.82) is 0 Å². The Balaban J connectivity index is 2.07. The zero-order chi connectivity index (χ0) is 17.0. The molecule has 0 aliphatic carbocycles. The van der Waals surface area contributed by atoms with Crippen molar-refractivity contribution in [3.8, 4) is 0 Å². The highest BCUT2D eigenvalue weighted by Gasteiger charge is 2.29. The standard InChI is InChI=1S/C13H19N3O6S/c17-10-12(18)9-14-4-6-15(7-5-14)23(21,22)13-3-1-2-11(8-13)16(19)20/h1-3,8,12,17-18H,4-7,9-10H2. The zero-order valence-corrected chi connectivity index (χ0v) is 13.2. The fraction of sp³-hybridized carbons (Fsp3) is 0.538. The summed E-state index contributed by atoms with van der Waals surface area (Å²) in [5, 5.41) is 29.0. The van der Waals surface area contributed by atoms with Crippen LogP contribution in [0, 0.1) is 10.1 Å². The predicted octanol–water partition coefficient (Wildman–Crippen LogP) is -0.746. The van der Waals surface area contributed by atoms with E-state index in [4.69, 9.17) is 5.11 Å². The van der Waals surface area contributed by atoms with Crippen LogP contribution in [0.2, 0.25) is 0 Å². The highest BCUT2D eigenvalue weighted by molar-refractivity contribution is 7.89. The lowest BCUT2D eigenvalue weighted by molar-refractivity contribution is -0.385. The highest BCUT2D eigenvalue weighted by Crippen LogP contribution is 2.22. The van der Waals surface area contributed by atoms with Crippen LogP contribution in [-0.4, -0.2) is 78.2 Å². The van der Waals surface area contributed by atoms with E-state index in [-0.39, 0.29) is 36.8 Å². The number of hydrogen-bond acceptors (Lipinski definition) is 7. The van der Waals surface area contributed by atoms with Gasteiger partial charge in [0.15, 0.2) is 0 Å². The van der Waals surface area contributed by atoms with Crippen molar-refractivity contribution in [2.75, 3.05) is 39.3 Å². The van der Waals surface area contributed by atoms with Crippen LogP contribution in [0.4, 0.5) is 5.69 Å². The maximum Gasteiger partial charge on any atom is 0.270 e. The van der Waals surface area contributed by atoms with Gasteiger partial charge < -0.3 is 10.2 Å². The van der Waals surface area contributed by atoms with Gasteiger partial charge in [-0.25, -0.2) is 8.42 Å². The number of β-amino-alcohol motifs (C(OH)–C–C–N with tert-alkyl or cyclic N) is 1. The number of sulfonamides is 1. The maximum atomic E-state index is 12.5. The van der Waals surface area contributed by atoms with E-state index in [0.29, 0.717) is 13.1 Å². The van der Waals surface area contributed by atoms with E-state index in [1.54, 1.807) is 0 Å². The molecule has 1 aromatic rings. The summed E-state index contributed by atoms with van der Waals surface area (Å²) in [4.78, 5) is 11.9. The van der Waals surface area contributed by atoms with Crippen molar-refractivity contribution >= 4 is 15.7 Å². The second-order valence-corrected chi connectivity index (χ2v) is 7.23. The first-order chi connectivity index (χ1) is 10.8. The minimum absolute atomic E-state index is 0.101. The Morgan fingerprint density at radius 3 is 2.48 bits per heavy atom. The SMILES string of the molecule is O=[N+]([O-])c1cccc(S(=O)(=O)N2CCN(CC(O)CO)CC2)c1. The van der Waals surface area contributed by atoms with E-state index in [1.165, 1.54) is 22.5 Å². The van der Waals surface area contributed by atoms with Gasteiger partial charge in [0.25, 0.3) is 5.69 Å². The van der Waals surface area contributed by atoms with Gasteiger partial charge >= 0.3 is 0 Å². The molecule has 1 unspecified atom stereocenters. The van der Waals surface area contributed by atoms with Crippen LogP contribution in [0.3, 0.4) is 0 Å². The number of piperazine rings is 1. The van der Waals surface area contributed by atoms with Gasteiger partial charge in [-0.05, 0) is 6.07 Å². The Hall–Kier alpha value is -1.59. The normalized spacial score (nSPS) is 18.7. The molecule has 0 bridgehead atoms. The van der Waals surface area contributed by atoms with Gasteiger partial charge in [-0.3, -0.25) is 15.0 Å². The van der Waals surface area contributed by atoms with Crippen molar-refractivity contribution in [3.05, 3.63) is 34.4 Å². The molecule has 0 amide bonds. The third kappa shape index (κ3) is 4.24. The molecule has 0 radical (unpaired) electrons. The molecule has 9 nitrogen and oxygen atoms in total. The topological polar surface area (TPSA) is 124 Å². The number of nitrogens with zero attached hydrogens (tertiary/aromatic N) is 3. The molecule has 0 saturated carbocycles. The van der Waals surface area contributed by atoms with Crippen LogP contribution in [-0.2, 0) is 10.0 Å². The summed E-state index contributed by atoms with van der Waals surface area (Å²) in [5.74, 6) is 0. The Kier molecular flexibility index (Phi) is 5.65. The lowest BCUT2D eigenvalue weighted by Gasteiger charge is -2.34. The minimum atomic E-state index is -3.79. The van der Waals surface area contributed by atoms with Crippen LogP contribution in [0.5, 0.6) is 0 Å². The quantitative estimate of drug-likeness (QED) is 0.513. The van der Waals surface area contributed by atoms with Crippen molar-refractivity contribution in [2.45, 2.75) is 11.0 Å². The lowest BCUT2D eigenvalue weighted by Crippen LogP contribution is -2.50. The van der Waals surface area contributed by atoms with Crippen molar-refractivity contribution < 1.29 is 23.6 Å². The third-order valence-corrected chi connectivity index (χ3v) is 5.57. The fourth-order valence-electron chi connectivity index (χ4n) is 2.41. The fourth-order valence-corrected chi connectivity index (χ4v) is 3.88. The molecule has 1 aliphatic heterocycles. The number of nitro benzene ring substituents is 1. The number of nitro groups is 1. The summed E-state index contributed by atoms with van der Waals surface area (Å²) in [6, 6.07) is 4.98. The second-order valence-electron chi connectivity index (χ2n) is 5.30. The van der Waals surface area contributed by atoms with E-state index in [2.05, 4.69) is 0 Å². The summed E-state index contributed by atoms with van der Waals surface area (Å²) in [5.41, 5.74) is -0.268. The van der Waals surface area contributed by atoms with Gasteiger partial charge in [0.2, 0.25) is 10.0 Å². The molecule has 1 aromatic carbocycles. The largest absolute Gasteiger partial charge is 0.394 e. The molecular weight excluding hydrogens is 326 g/mol. The van der Waals surface area contributed by atoms with E-state index >= 15 is 0 Å². The first kappa shape index (κ1) is 17.8. The Morgan fingerprint density at radius 2 is 1.91 bits per heavy atom. The van der Waals surface area contributed by atoms with E-state index in [1.807, 2.05) is 4.90 Å².